The first-order chi connectivity index (χ1) is 8.20. The van der Waals surface area contributed by atoms with E-state index in [0.29, 0.717) is 6.54 Å². The highest BCUT2D eigenvalue weighted by molar-refractivity contribution is 5.94. The van der Waals surface area contributed by atoms with Crippen LogP contribution < -0.4 is 5.73 Å². The maximum atomic E-state index is 13.3. The molecule has 3 aromatic rings. The third-order valence-corrected chi connectivity index (χ3v) is 3.06. The molecule has 0 amide bonds. The predicted octanol–water partition coefficient (Wildman–Crippen LogP) is 2.39. The topological polar surface area (TPSA) is 43.3 Å². The molecule has 4 heteroatoms. The van der Waals surface area contributed by atoms with Crippen molar-refractivity contribution in [3.05, 3.63) is 47.7 Å². The van der Waals surface area contributed by atoms with E-state index >= 15 is 0 Å². The summed E-state index contributed by atoms with van der Waals surface area (Å²) in [5.41, 5.74) is 8.32. The molecule has 86 valence electrons. The van der Waals surface area contributed by atoms with Gasteiger partial charge >= 0.3 is 0 Å². The summed E-state index contributed by atoms with van der Waals surface area (Å²) in [6.07, 6.45) is 1.93. The van der Waals surface area contributed by atoms with Crippen molar-refractivity contribution in [2.24, 2.45) is 5.73 Å². The Morgan fingerprint density at radius 3 is 2.94 bits per heavy atom. The fourth-order valence-electron chi connectivity index (χ4n) is 2.20. The molecule has 0 unspecified atom stereocenters. The summed E-state index contributed by atoms with van der Waals surface area (Å²) >= 11 is 0. The maximum Gasteiger partial charge on any atom is 0.145 e. The van der Waals surface area contributed by atoms with Crippen LogP contribution in [-0.4, -0.2) is 9.38 Å². The highest BCUT2D eigenvalue weighted by Crippen LogP contribution is 2.22. The van der Waals surface area contributed by atoms with Crippen molar-refractivity contribution in [1.29, 1.82) is 0 Å². The average molecular weight is 229 g/mol. The summed E-state index contributed by atoms with van der Waals surface area (Å²) in [6.45, 7) is 2.34. The van der Waals surface area contributed by atoms with Gasteiger partial charge in [-0.1, -0.05) is 6.07 Å². The van der Waals surface area contributed by atoms with Crippen LogP contribution >= 0.6 is 0 Å². The van der Waals surface area contributed by atoms with E-state index in [1.807, 2.05) is 23.6 Å². The molecule has 0 spiro atoms. The van der Waals surface area contributed by atoms with Gasteiger partial charge in [0, 0.05) is 18.1 Å². The number of imidazole rings is 1. The van der Waals surface area contributed by atoms with Crippen LogP contribution in [0.3, 0.4) is 0 Å². The minimum absolute atomic E-state index is 0.249. The first-order valence-corrected chi connectivity index (χ1v) is 5.46. The zero-order chi connectivity index (χ0) is 12.0. The van der Waals surface area contributed by atoms with E-state index in [1.165, 1.54) is 12.1 Å². The van der Waals surface area contributed by atoms with E-state index < -0.39 is 0 Å². The van der Waals surface area contributed by atoms with Gasteiger partial charge in [-0.05, 0) is 30.5 Å². The lowest BCUT2D eigenvalue weighted by Gasteiger charge is -2.02. The fourth-order valence-corrected chi connectivity index (χ4v) is 2.20. The van der Waals surface area contributed by atoms with Crippen LogP contribution in [-0.2, 0) is 6.54 Å². The van der Waals surface area contributed by atoms with Crippen molar-refractivity contribution < 1.29 is 4.39 Å². The van der Waals surface area contributed by atoms with Gasteiger partial charge in [-0.3, -0.25) is 0 Å². The first kappa shape index (κ1) is 10.2. The number of rotatable bonds is 1. The largest absolute Gasteiger partial charge is 0.325 e. The quantitative estimate of drug-likeness (QED) is 0.696. The molecule has 3 rings (SSSR count). The summed E-state index contributed by atoms with van der Waals surface area (Å²) in [5.74, 6) is -0.249. The van der Waals surface area contributed by atoms with Gasteiger partial charge in [0.15, 0.2) is 0 Å². The van der Waals surface area contributed by atoms with E-state index in [0.717, 1.165) is 27.8 Å². The molecule has 1 aromatic carbocycles. The van der Waals surface area contributed by atoms with Crippen molar-refractivity contribution in [3.63, 3.8) is 0 Å². The molecular weight excluding hydrogens is 217 g/mol. The van der Waals surface area contributed by atoms with E-state index in [-0.39, 0.29) is 5.82 Å². The number of fused-ring (bicyclic) bond motifs is 3. The molecule has 0 aliphatic carbocycles. The number of pyridine rings is 1. The fraction of sp³-hybridized carbons (Fsp3) is 0.154. The Labute approximate surface area is 97.7 Å². The van der Waals surface area contributed by atoms with Crippen molar-refractivity contribution in [3.8, 4) is 0 Å². The van der Waals surface area contributed by atoms with Crippen molar-refractivity contribution in [2.45, 2.75) is 13.5 Å². The Bertz CT molecular complexity index is 715. The van der Waals surface area contributed by atoms with Gasteiger partial charge < -0.3 is 10.1 Å². The molecule has 17 heavy (non-hydrogen) atoms. The van der Waals surface area contributed by atoms with Gasteiger partial charge in [0.1, 0.15) is 11.5 Å². The van der Waals surface area contributed by atoms with Gasteiger partial charge in [0.05, 0.1) is 11.4 Å². The summed E-state index contributed by atoms with van der Waals surface area (Å²) in [7, 11) is 0. The molecule has 2 heterocycles. The molecule has 0 atom stereocenters. The number of hydrogen-bond acceptors (Lipinski definition) is 2. The predicted molar refractivity (Wildman–Crippen MR) is 65.3 cm³/mol. The highest BCUT2D eigenvalue weighted by atomic mass is 19.1. The smallest absolute Gasteiger partial charge is 0.145 e. The van der Waals surface area contributed by atoms with Gasteiger partial charge in [-0.15, -0.1) is 0 Å². The summed E-state index contributed by atoms with van der Waals surface area (Å²) in [6, 6.07) is 6.68. The van der Waals surface area contributed by atoms with Gasteiger partial charge in [0.25, 0.3) is 0 Å². The second-order valence-corrected chi connectivity index (χ2v) is 4.09. The lowest BCUT2D eigenvalue weighted by molar-refractivity contribution is 0.630. The van der Waals surface area contributed by atoms with E-state index in [4.69, 9.17) is 5.73 Å². The number of aryl methyl sites for hydroxylation is 1. The van der Waals surface area contributed by atoms with Crippen molar-refractivity contribution in [1.82, 2.24) is 9.38 Å². The molecule has 0 saturated heterocycles. The summed E-state index contributed by atoms with van der Waals surface area (Å²) in [4.78, 5) is 4.47. The van der Waals surface area contributed by atoms with E-state index in [1.54, 1.807) is 6.07 Å². The number of benzene rings is 1. The molecule has 2 N–H and O–H groups in total. The minimum atomic E-state index is -0.249. The molecular formula is C13H12FN3. The molecule has 3 nitrogen and oxygen atoms in total. The van der Waals surface area contributed by atoms with E-state index in [2.05, 4.69) is 4.98 Å². The normalized spacial score (nSPS) is 11.5. The molecule has 2 aromatic heterocycles. The van der Waals surface area contributed by atoms with Gasteiger partial charge in [-0.2, -0.15) is 0 Å². The molecule has 0 radical (unpaired) electrons. The maximum absolute atomic E-state index is 13.3. The van der Waals surface area contributed by atoms with Crippen LogP contribution in [0.1, 0.15) is 11.4 Å². The Balaban J connectivity index is 2.51. The van der Waals surface area contributed by atoms with Gasteiger partial charge in [-0.25, -0.2) is 9.37 Å². The summed E-state index contributed by atoms with van der Waals surface area (Å²) in [5, 5.41) is 1.79. The molecule has 0 aliphatic rings. The molecule has 0 aliphatic heterocycles. The Kier molecular flexibility index (Phi) is 2.12. The zero-order valence-electron chi connectivity index (χ0n) is 9.44. The molecule has 0 bridgehead atoms. The van der Waals surface area contributed by atoms with E-state index in [9.17, 15) is 4.39 Å². The second-order valence-electron chi connectivity index (χ2n) is 4.09. The van der Waals surface area contributed by atoms with Crippen LogP contribution in [0.4, 0.5) is 4.39 Å². The number of nitrogens with zero attached hydrogens (tertiary/aromatic N) is 2. The average Bonchev–Trinajstić information content (AvgIpc) is 2.65. The lowest BCUT2D eigenvalue weighted by Crippen LogP contribution is -2.02. The molecule has 0 fully saturated rings. The van der Waals surface area contributed by atoms with Crippen LogP contribution in [0.15, 0.2) is 30.5 Å². The SMILES string of the molecule is Cc1nc2c3cc(F)ccc3ccn2c1CN. The Hall–Kier alpha value is -1.94. The third kappa shape index (κ3) is 1.41. The van der Waals surface area contributed by atoms with Crippen molar-refractivity contribution in [2.75, 3.05) is 0 Å². The number of aromatic nitrogens is 2. The Morgan fingerprint density at radius 1 is 1.35 bits per heavy atom. The van der Waals surface area contributed by atoms with Crippen LogP contribution in [0.25, 0.3) is 16.4 Å². The number of halogens is 1. The van der Waals surface area contributed by atoms with Crippen LogP contribution in [0.2, 0.25) is 0 Å². The first-order valence-electron chi connectivity index (χ1n) is 5.46. The molecule has 0 saturated carbocycles. The third-order valence-electron chi connectivity index (χ3n) is 3.06. The highest BCUT2D eigenvalue weighted by Gasteiger charge is 2.10. The zero-order valence-corrected chi connectivity index (χ0v) is 9.44. The number of hydrogen-bond donors (Lipinski definition) is 1. The van der Waals surface area contributed by atoms with Crippen LogP contribution in [0, 0.1) is 12.7 Å². The monoisotopic (exact) mass is 229 g/mol. The summed E-state index contributed by atoms with van der Waals surface area (Å²) < 4.78 is 15.2. The minimum Gasteiger partial charge on any atom is -0.325 e. The Morgan fingerprint density at radius 2 is 2.18 bits per heavy atom. The van der Waals surface area contributed by atoms with Gasteiger partial charge in [0.2, 0.25) is 0 Å². The van der Waals surface area contributed by atoms with Crippen molar-refractivity contribution >= 4 is 16.4 Å². The lowest BCUT2D eigenvalue weighted by atomic mass is 10.1. The standard InChI is InChI=1S/C13H12FN3/c1-8-12(7-15)17-5-4-9-2-3-10(14)6-11(9)13(17)16-8/h2-6H,7,15H2,1H3. The van der Waals surface area contributed by atoms with Crippen LogP contribution in [0.5, 0.6) is 0 Å². The number of nitrogens with two attached hydrogens (primary N) is 1. The second kappa shape index (κ2) is 3.53.